The normalized spacial score (nSPS) is 13.6. The lowest BCUT2D eigenvalue weighted by Gasteiger charge is -2.11. The summed E-state index contributed by atoms with van der Waals surface area (Å²) in [6.45, 7) is 6.49. The molecule has 0 amide bonds. The van der Waals surface area contributed by atoms with Gasteiger partial charge in [0.25, 0.3) is 0 Å². The molecule has 1 N–H and O–H groups in total. The van der Waals surface area contributed by atoms with Crippen molar-refractivity contribution in [2.75, 3.05) is 18.5 Å². The molecule has 0 spiro atoms. The Kier molecular flexibility index (Phi) is 4.00. The first-order chi connectivity index (χ1) is 10.2. The first kappa shape index (κ1) is 13.8. The van der Waals surface area contributed by atoms with E-state index in [-0.39, 0.29) is 0 Å². The van der Waals surface area contributed by atoms with Crippen LogP contribution < -0.4 is 14.8 Å². The van der Waals surface area contributed by atoms with E-state index in [9.17, 15) is 0 Å². The van der Waals surface area contributed by atoms with Crippen molar-refractivity contribution >= 4 is 5.69 Å². The van der Waals surface area contributed by atoms with Crippen LogP contribution in [0.4, 0.5) is 5.69 Å². The van der Waals surface area contributed by atoms with Gasteiger partial charge >= 0.3 is 0 Å². The molecular weight excluding hydrogens is 262 g/mol. The molecule has 1 aliphatic heterocycles. The van der Waals surface area contributed by atoms with Crippen LogP contribution >= 0.6 is 0 Å². The third-order valence-electron chi connectivity index (χ3n) is 3.82. The first-order valence-electron chi connectivity index (χ1n) is 7.42. The van der Waals surface area contributed by atoms with Gasteiger partial charge in [0.05, 0.1) is 13.2 Å². The average Bonchev–Trinajstić information content (AvgIpc) is 2.73. The van der Waals surface area contributed by atoms with E-state index >= 15 is 0 Å². The van der Waals surface area contributed by atoms with Gasteiger partial charge in [-0.2, -0.15) is 0 Å². The van der Waals surface area contributed by atoms with Crippen LogP contribution in [-0.2, 0) is 6.54 Å². The molecule has 0 radical (unpaired) electrons. The molecule has 110 valence electrons. The van der Waals surface area contributed by atoms with Crippen molar-refractivity contribution in [2.45, 2.75) is 26.8 Å². The highest BCUT2D eigenvalue weighted by molar-refractivity contribution is 5.49. The van der Waals surface area contributed by atoms with Crippen molar-refractivity contribution < 1.29 is 9.47 Å². The Morgan fingerprint density at radius 1 is 0.905 bits per heavy atom. The van der Waals surface area contributed by atoms with Crippen LogP contribution in [0.2, 0.25) is 0 Å². The molecule has 3 heteroatoms. The van der Waals surface area contributed by atoms with Gasteiger partial charge in [0.1, 0.15) is 0 Å². The van der Waals surface area contributed by atoms with Gasteiger partial charge in [-0.15, -0.1) is 0 Å². The number of hydrogen-bond donors (Lipinski definition) is 1. The number of anilines is 1. The SMILES string of the molecule is Cc1ccc(NCc2ccc3c(c2)OCCCO3)cc1C. The van der Waals surface area contributed by atoms with Gasteiger partial charge in [0.2, 0.25) is 0 Å². The number of aryl methyl sites for hydroxylation is 2. The Morgan fingerprint density at radius 3 is 2.52 bits per heavy atom. The van der Waals surface area contributed by atoms with Gasteiger partial charge < -0.3 is 14.8 Å². The second-order valence-corrected chi connectivity index (χ2v) is 5.48. The Morgan fingerprint density at radius 2 is 1.71 bits per heavy atom. The molecule has 0 bridgehead atoms. The molecule has 2 aromatic carbocycles. The van der Waals surface area contributed by atoms with Crippen LogP contribution in [0.3, 0.4) is 0 Å². The highest BCUT2D eigenvalue weighted by Crippen LogP contribution is 2.30. The zero-order valence-corrected chi connectivity index (χ0v) is 12.6. The Bertz CT molecular complexity index is 637. The number of benzene rings is 2. The van der Waals surface area contributed by atoms with E-state index in [1.54, 1.807) is 0 Å². The monoisotopic (exact) mass is 283 g/mol. The van der Waals surface area contributed by atoms with Crippen molar-refractivity contribution in [2.24, 2.45) is 0 Å². The van der Waals surface area contributed by atoms with Crippen LogP contribution in [0.25, 0.3) is 0 Å². The second-order valence-electron chi connectivity index (χ2n) is 5.48. The minimum absolute atomic E-state index is 0.723. The summed E-state index contributed by atoms with van der Waals surface area (Å²) in [6, 6.07) is 12.6. The molecule has 1 heterocycles. The Balaban J connectivity index is 1.70. The third kappa shape index (κ3) is 3.30. The summed E-state index contributed by atoms with van der Waals surface area (Å²) >= 11 is 0. The van der Waals surface area contributed by atoms with Crippen LogP contribution in [0.5, 0.6) is 11.5 Å². The topological polar surface area (TPSA) is 30.5 Å². The zero-order chi connectivity index (χ0) is 14.7. The summed E-state index contributed by atoms with van der Waals surface area (Å²) in [7, 11) is 0. The van der Waals surface area contributed by atoms with Crippen molar-refractivity contribution in [1.82, 2.24) is 0 Å². The largest absolute Gasteiger partial charge is 0.490 e. The van der Waals surface area contributed by atoms with Crippen molar-refractivity contribution in [3.05, 3.63) is 53.1 Å². The number of ether oxygens (including phenoxy) is 2. The van der Waals surface area contributed by atoms with E-state index in [0.717, 1.165) is 43.4 Å². The van der Waals surface area contributed by atoms with Gasteiger partial charge in [-0.05, 0) is 54.8 Å². The van der Waals surface area contributed by atoms with Gasteiger partial charge in [0.15, 0.2) is 11.5 Å². The fourth-order valence-corrected chi connectivity index (χ4v) is 2.37. The van der Waals surface area contributed by atoms with Gasteiger partial charge in [-0.1, -0.05) is 12.1 Å². The third-order valence-corrected chi connectivity index (χ3v) is 3.82. The van der Waals surface area contributed by atoms with Gasteiger partial charge in [-0.25, -0.2) is 0 Å². The number of hydrogen-bond acceptors (Lipinski definition) is 3. The molecular formula is C18H21NO2. The smallest absolute Gasteiger partial charge is 0.161 e. The molecule has 0 atom stereocenters. The Labute approximate surface area is 125 Å². The predicted molar refractivity (Wildman–Crippen MR) is 85.3 cm³/mol. The highest BCUT2D eigenvalue weighted by Gasteiger charge is 2.10. The highest BCUT2D eigenvalue weighted by atomic mass is 16.5. The van der Waals surface area contributed by atoms with E-state index in [0.29, 0.717) is 0 Å². The summed E-state index contributed by atoms with van der Waals surface area (Å²) in [4.78, 5) is 0. The lowest BCUT2D eigenvalue weighted by atomic mass is 10.1. The van der Waals surface area contributed by atoms with Crippen molar-refractivity contribution in [3.8, 4) is 11.5 Å². The summed E-state index contributed by atoms with van der Waals surface area (Å²) in [5.74, 6) is 1.70. The molecule has 0 aromatic heterocycles. The van der Waals surface area contributed by atoms with E-state index in [1.807, 2.05) is 6.07 Å². The molecule has 3 nitrogen and oxygen atoms in total. The lowest BCUT2D eigenvalue weighted by molar-refractivity contribution is 0.297. The summed E-state index contributed by atoms with van der Waals surface area (Å²) in [6.07, 6.45) is 0.935. The number of rotatable bonds is 3. The van der Waals surface area contributed by atoms with Crippen LogP contribution in [0.15, 0.2) is 36.4 Å². The van der Waals surface area contributed by atoms with Crippen LogP contribution in [-0.4, -0.2) is 13.2 Å². The van der Waals surface area contributed by atoms with E-state index in [1.165, 1.54) is 16.7 Å². The summed E-state index contributed by atoms with van der Waals surface area (Å²) in [5.41, 5.74) is 4.96. The predicted octanol–water partition coefficient (Wildman–Crippen LogP) is 4.08. The van der Waals surface area contributed by atoms with Crippen LogP contribution in [0.1, 0.15) is 23.1 Å². The standard InChI is InChI=1S/C18H21NO2/c1-13-4-6-16(10-14(13)2)19-12-15-5-7-17-18(11-15)21-9-3-8-20-17/h4-7,10-11,19H,3,8-9,12H2,1-2H3. The zero-order valence-electron chi connectivity index (χ0n) is 12.6. The average molecular weight is 283 g/mol. The first-order valence-corrected chi connectivity index (χ1v) is 7.42. The molecule has 21 heavy (non-hydrogen) atoms. The maximum Gasteiger partial charge on any atom is 0.161 e. The quantitative estimate of drug-likeness (QED) is 0.920. The fourth-order valence-electron chi connectivity index (χ4n) is 2.37. The fraction of sp³-hybridized carbons (Fsp3) is 0.333. The molecule has 2 aromatic rings. The van der Waals surface area contributed by atoms with Crippen LogP contribution in [0, 0.1) is 13.8 Å². The molecule has 0 saturated carbocycles. The van der Waals surface area contributed by atoms with E-state index in [4.69, 9.17) is 9.47 Å². The van der Waals surface area contributed by atoms with Gasteiger partial charge in [0, 0.05) is 18.7 Å². The van der Waals surface area contributed by atoms with Crippen molar-refractivity contribution in [1.29, 1.82) is 0 Å². The summed E-state index contributed by atoms with van der Waals surface area (Å²) in [5, 5.41) is 3.46. The maximum absolute atomic E-state index is 5.72. The van der Waals surface area contributed by atoms with E-state index in [2.05, 4.69) is 49.5 Å². The minimum Gasteiger partial charge on any atom is -0.490 e. The molecule has 3 rings (SSSR count). The molecule has 1 aliphatic rings. The number of fused-ring (bicyclic) bond motifs is 1. The minimum atomic E-state index is 0.723. The molecule has 0 unspecified atom stereocenters. The maximum atomic E-state index is 5.72. The van der Waals surface area contributed by atoms with E-state index < -0.39 is 0 Å². The molecule has 0 fully saturated rings. The summed E-state index contributed by atoms with van der Waals surface area (Å²) < 4.78 is 11.4. The molecule has 0 saturated heterocycles. The lowest BCUT2D eigenvalue weighted by Crippen LogP contribution is -2.01. The van der Waals surface area contributed by atoms with Gasteiger partial charge in [-0.3, -0.25) is 0 Å². The number of nitrogens with one attached hydrogen (secondary N) is 1. The molecule has 0 aliphatic carbocycles. The Hall–Kier alpha value is -2.16. The second kappa shape index (κ2) is 6.08. The van der Waals surface area contributed by atoms with Crippen molar-refractivity contribution in [3.63, 3.8) is 0 Å².